The lowest BCUT2D eigenvalue weighted by Crippen LogP contribution is -2.56. The summed E-state index contributed by atoms with van der Waals surface area (Å²) in [5.41, 5.74) is 2.72. The average molecular weight is 442 g/mol. The van der Waals surface area contributed by atoms with Gasteiger partial charge in [0, 0.05) is 39.1 Å². The summed E-state index contributed by atoms with van der Waals surface area (Å²) < 4.78 is 19.0. The zero-order valence-corrected chi connectivity index (χ0v) is 21.9. The molecule has 0 unspecified atom stereocenters. The molecule has 2 saturated carbocycles. The Labute approximate surface area is 186 Å². The summed E-state index contributed by atoms with van der Waals surface area (Å²) >= 11 is 0. The van der Waals surface area contributed by atoms with Crippen LogP contribution in [-0.2, 0) is 13.9 Å². The van der Waals surface area contributed by atoms with Gasteiger partial charge in [0.2, 0.25) is 0 Å². The Bertz CT molecular complexity index is 552. The Morgan fingerprint density at radius 2 is 1.60 bits per heavy atom. The minimum absolute atomic E-state index is 0.202. The molecule has 0 aromatic heterocycles. The van der Waals surface area contributed by atoms with Crippen molar-refractivity contribution in [2.24, 2.45) is 28.8 Å². The van der Waals surface area contributed by atoms with E-state index in [4.69, 9.17) is 13.9 Å². The van der Waals surface area contributed by atoms with Gasteiger partial charge in [-0.15, -0.1) is 0 Å². The van der Waals surface area contributed by atoms with Gasteiger partial charge in [0.15, 0.2) is 14.1 Å². The van der Waals surface area contributed by atoms with Crippen molar-refractivity contribution in [3.05, 3.63) is 0 Å². The van der Waals surface area contributed by atoms with Crippen molar-refractivity contribution in [2.45, 2.75) is 103 Å². The third-order valence-corrected chi connectivity index (χ3v) is 14.5. The lowest BCUT2D eigenvalue weighted by Gasteiger charge is -2.53. The number of fused-ring (bicyclic) bond motifs is 1. The number of hydrogen-bond acceptors (Lipinski definition) is 5. The van der Waals surface area contributed by atoms with E-state index in [0.29, 0.717) is 28.5 Å². The van der Waals surface area contributed by atoms with E-state index in [9.17, 15) is 5.21 Å². The van der Waals surface area contributed by atoms with E-state index < -0.39 is 14.1 Å². The Hall–Kier alpha value is -0.433. The van der Waals surface area contributed by atoms with Gasteiger partial charge in [0.25, 0.3) is 0 Å². The molecule has 0 spiro atoms. The zero-order valence-electron chi connectivity index (χ0n) is 20.9. The van der Waals surface area contributed by atoms with Crippen molar-refractivity contribution in [2.75, 3.05) is 20.8 Å². The Balaban J connectivity index is 2.30. The minimum Gasteiger partial charge on any atom is -0.416 e. The first-order chi connectivity index (χ1) is 14.1. The van der Waals surface area contributed by atoms with Crippen LogP contribution in [0.5, 0.6) is 0 Å². The molecule has 0 aromatic rings. The lowest BCUT2D eigenvalue weighted by atomic mass is 9.59. The van der Waals surface area contributed by atoms with Gasteiger partial charge in [-0.05, 0) is 47.7 Å². The minimum atomic E-state index is -1.89. The molecule has 1 N–H and O–H groups in total. The highest BCUT2D eigenvalue weighted by molar-refractivity contribution is 6.77. The van der Waals surface area contributed by atoms with Crippen molar-refractivity contribution in [1.29, 1.82) is 0 Å². The van der Waals surface area contributed by atoms with Gasteiger partial charge in [-0.1, -0.05) is 60.0 Å². The van der Waals surface area contributed by atoms with Crippen LogP contribution in [0.25, 0.3) is 0 Å². The summed E-state index contributed by atoms with van der Waals surface area (Å²) in [6.07, 6.45) is 4.68. The van der Waals surface area contributed by atoms with Crippen LogP contribution in [0.3, 0.4) is 0 Å². The summed E-state index contributed by atoms with van der Waals surface area (Å²) in [6.45, 7) is 17.2. The standard InChI is InChI=1S/C24H47NO4Si/c1-10-20-13-19(15-29-30(16(2)3,17(4)5)18(6)7)14-21-23(20)22(25-26)11-12-24(21,27-8)28-9/h16-21,23,26H,10-15H2,1-9H3/b25-22+/t19-,20+,21-,23+/m1/s1. The Morgan fingerprint density at radius 3 is 2.03 bits per heavy atom. The predicted octanol–water partition coefficient (Wildman–Crippen LogP) is 6.46. The van der Waals surface area contributed by atoms with Gasteiger partial charge in [-0.2, -0.15) is 0 Å². The van der Waals surface area contributed by atoms with Crippen LogP contribution in [0, 0.1) is 23.7 Å². The van der Waals surface area contributed by atoms with Gasteiger partial charge in [-0.3, -0.25) is 0 Å². The van der Waals surface area contributed by atoms with Crippen LogP contribution in [0.1, 0.15) is 80.6 Å². The summed E-state index contributed by atoms with van der Waals surface area (Å²) in [6, 6.07) is 0. The maximum Gasteiger partial charge on any atom is 0.200 e. The van der Waals surface area contributed by atoms with Crippen molar-refractivity contribution < 1.29 is 19.1 Å². The highest BCUT2D eigenvalue weighted by Gasteiger charge is 2.55. The molecule has 0 saturated heterocycles. The molecule has 0 amide bonds. The fourth-order valence-electron chi connectivity index (χ4n) is 7.14. The maximum atomic E-state index is 9.71. The molecule has 0 radical (unpaired) electrons. The molecule has 2 aliphatic carbocycles. The molecule has 176 valence electrons. The van der Waals surface area contributed by atoms with Crippen molar-refractivity contribution in [3.63, 3.8) is 0 Å². The smallest absolute Gasteiger partial charge is 0.200 e. The fraction of sp³-hybridized carbons (Fsp3) is 0.958. The quantitative estimate of drug-likeness (QED) is 0.193. The van der Waals surface area contributed by atoms with Crippen LogP contribution in [0.4, 0.5) is 0 Å². The van der Waals surface area contributed by atoms with Crippen molar-refractivity contribution >= 4 is 14.0 Å². The van der Waals surface area contributed by atoms with E-state index in [1.54, 1.807) is 14.2 Å². The third kappa shape index (κ3) is 4.53. The number of rotatable bonds is 9. The van der Waals surface area contributed by atoms with E-state index in [0.717, 1.165) is 44.4 Å². The first-order valence-corrected chi connectivity index (χ1v) is 14.2. The molecule has 2 rings (SSSR count). The Morgan fingerprint density at radius 1 is 1.03 bits per heavy atom. The van der Waals surface area contributed by atoms with Gasteiger partial charge in [0.05, 0.1) is 5.71 Å². The van der Waals surface area contributed by atoms with E-state index in [1.807, 2.05) is 0 Å². The molecule has 0 heterocycles. The van der Waals surface area contributed by atoms with Crippen LogP contribution in [0.2, 0.25) is 16.6 Å². The second kappa shape index (κ2) is 10.5. The largest absolute Gasteiger partial charge is 0.416 e. The van der Waals surface area contributed by atoms with E-state index >= 15 is 0 Å². The van der Waals surface area contributed by atoms with E-state index in [2.05, 4.69) is 53.6 Å². The summed E-state index contributed by atoms with van der Waals surface area (Å²) in [5.74, 6) is 0.802. The first kappa shape index (κ1) is 25.8. The molecule has 2 aliphatic rings. The number of hydrogen-bond donors (Lipinski definition) is 1. The zero-order chi connectivity index (χ0) is 22.7. The van der Waals surface area contributed by atoms with Gasteiger partial charge in [0.1, 0.15) is 0 Å². The van der Waals surface area contributed by atoms with Crippen LogP contribution < -0.4 is 0 Å². The molecular weight excluding hydrogens is 394 g/mol. The Kier molecular flexibility index (Phi) is 9.00. The monoisotopic (exact) mass is 441 g/mol. The third-order valence-electron chi connectivity index (χ3n) is 8.46. The fourth-order valence-corrected chi connectivity index (χ4v) is 12.7. The van der Waals surface area contributed by atoms with Crippen LogP contribution in [0.15, 0.2) is 5.16 Å². The van der Waals surface area contributed by atoms with Crippen LogP contribution in [-0.4, -0.2) is 45.8 Å². The average Bonchev–Trinajstić information content (AvgIpc) is 2.72. The second-order valence-electron chi connectivity index (χ2n) is 10.6. The normalized spacial score (nSPS) is 31.0. The molecular formula is C24H47NO4Si. The number of ether oxygens (including phenoxy) is 2. The molecule has 0 aromatic carbocycles. The van der Waals surface area contributed by atoms with E-state index in [-0.39, 0.29) is 11.8 Å². The predicted molar refractivity (Wildman–Crippen MR) is 126 cm³/mol. The second-order valence-corrected chi connectivity index (χ2v) is 16.0. The van der Waals surface area contributed by atoms with Gasteiger partial charge >= 0.3 is 0 Å². The SMILES string of the molecule is CC[C@H]1C[C@@H](CO[Si](C(C)C)(C(C)C)C(C)C)C[C@@H]2[C@H]1/C(=N/O)CCC2(OC)OC. The molecule has 4 atom stereocenters. The highest BCUT2D eigenvalue weighted by atomic mass is 28.4. The number of methoxy groups -OCH3 is 2. The molecule has 2 fully saturated rings. The summed E-state index contributed by atoms with van der Waals surface area (Å²) in [4.78, 5) is 0. The molecule has 5 nitrogen and oxygen atoms in total. The van der Waals surface area contributed by atoms with Crippen molar-refractivity contribution in [3.8, 4) is 0 Å². The van der Waals surface area contributed by atoms with Crippen molar-refractivity contribution in [1.82, 2.24) is 0 Å². The topological polar surface area (TPSA) is 60.3 Å². The summed E-state index contributed by atoms with van der Waals surface area (Å²) in [5, 5.41) is 13.4. The molecule has 6 heteroatoms. The van der Waals surface area contributed by atoms with Gasteiger partial charge < -0.3 is 19.1 Å². The molecule has 30 heavy (non-hydrogen) atoms. The summed E-state index contributed by atoms with van der Waals surface area (Å²) in [7, 11) is 1.64. The molecule has 0 aliphatic heterocycles. The highest BCUT2D eigenvalue weighted by Crippen LogP contribution is 2.52. The lowest BCUT2D eigenvalue weighted by molar-refractivity contribution is -0.265. The number of nitrogens with zero attached hydrogens (tertiary/aromatic N) is 1. The molecule has 0 bridgehead atoms. The van der Waals surface area contributed by atoms with Gasteiger partial charge in [-0.25, -0.2) is 0 Å². The number of oxime groups is 1. The van der Waals surface area contributed by atoms with Crippen LogP contribution >= 0.6 is 0 Å². The maximum absolute atomic E-state index is 9.71. The van der Waals surface area contributed by atoms with E-state index in [1.165, 1.54) is 0 Å². The first-order valence-electron chi connectivity index (χ1n) is 12.1.